The summed E-state index contributed by atoms with van der Waals surface area (Å²) in [5.41, 5.74) is 2.16. The summed E-state index contributed by atoms with van der Waals surface area (Å²) in [6.45, 7) is 3.17. The van der Waals surface area contributed by atoms with Crippen molar-refractivity contribution in [2.75, 3.05) is 17.7 Å². The van der Waals surface area contributed by atoms with E-state index in [2.05, 4.69) is 10.6 Å². The second kappa shape index (κ2) is 6.68. The zero-order valence-electron chi connectivity index (χ0n) is 14.2. The van der Waals surface area contributed by atoms with Crippen molar-refractivity contribution in [3.8, 4) is 5.75 Å². The van der Waals surface area contributed by atoms with Crippen LogP contribution >= 0.6 is 0 Å². The molecule has 1 aromatic heterocycles. The van der Waals surface area contributed by atoms with E-state index in [-0.39, 0.29) is 11.8 Å². The van der Waals surface area contributed by atoms with Crippen molar-refractivity contribution in [1.29, 1.82) is 0 Å². The molecule has 0 aliphatic rings. The van der Waals surface area contributed by atoms with Crippen LogP contribution in [0.5, 0.6) is 5.75 Å². The second-order valence-electron chi connectivity index (χ2n) is 5.58. The summed E-state index contributed by atoms with van der Waals surface area (Å²) in [6.07, 6.45) is 0. The predicted octanol–water partition coefficient (Wildman–Crippen LogP) is 3.96. The Morgan fingerprint density at radius 1 is 1.08 bits per heavy atom. The molecule has 25 heavy (non-hydrogen) atoms. The van der Waals surface area contributed by atoms with Crippen molar-refractivity contribution >= 4 is 34.2 Å². The lowest BCUT2D eigenvalue weighted by Crippen LogP contribution is -2.14. The number of rotatable bonds is 4. The minimum Gasteiger partial charge on any atom is -0.495 e. The number of aryl methyl sites for hydroxylation is 1. The van der Waals surface area contributed by atoms with E-state index in [9.17, 15) is 9.59 Å². The lowest BCUT2D eigenvalue weighted by molar-refractivity contribution is -0.114. The van der Waals surface area contributed by atoms with Gasteiger partial charge in [-0.15, -0.1) is 0 Å². The predicted molar refractivity (Wildman–Crippen MR) is 96.2 cm³/mol. The highest BCUT2D eigenvalue weighted by molar-refractivity contribution is 6.13. The Kier molecular flexibility index (Phi) is 4.43. The first-order valence-corrected chi connectivity index (χ1v) is 7.74. The van der Waals surface area contributed by atoms with Crippen molar-refractivity contribution in [1.82, 2.24) is 0 Å². The van der Waals surface area contributed by atoms with E-state index in [1.807, 2.05) is 24.3 Å². The van der Waals surface area contributed by atoms with Gasteiger partial charge in [0.2, 0.25) is 5.91 Å². The van der Waals surface area contributed by atoms with E-state index < -0.39 is 0 Å². The number of benzene rings is 2. The lowest BCUT2D eigenvalue weighted by atomic mass is 10.1. The van der Waals surface area contributed by atoms with Gasteiger partial charge in [-0.05, 0) is 31.2 Å². The fraction of sp³-hybridized carbons (Fsp3) is 0.158. The molecule has 0 atom stereocenters. The highest BCUT2D eigenvalue weighted by Gasteiger charge is 2.19. The number of carbonyl (C=O) groups is 2. The highest BCUT2D eigenvalue weighted by atomic mass is 16.5. The summed E-state index contributed by atoms with van der Waals surface area (Å²) < 4.78 is 10.9. The monoisotopic (exact) mass is 338 g/mol. The third-order valence-corrected chi connectivity index (χ3v) is 3.77. The number of ether oxygens (including phenoxy) is 1. The number of carbonyl (C=O) groups excluding carboxylic acids is 2. The van der Waals surface area contributed by atoms with Crippen LogP contribution in [0.15, 0.2) is 46.9 Å². The van der Waals surface area contributed by atoms with Crippen LogP contribution in [0.2, 0.25) is 0 Å². The van der Waals surface area contributed by atoms with Crippen LogP contribution in [0, 0.1) is 6.92 Å². The SMILES string of the molecule is COc1ccc(NC(C)=O)cc1NC(=O)c1c(C)oc2ccccc12. The van der Waals surface area contributed by atoms with Crippen molar-refractivity contribution in [2.24, 2.45) is 0 Å². The molecule has 0 saturated carbocycles. The standard InChI is InChI=1S/C19H18N2O4/c1-11-18(14-6-4-5-7-16(14)25-11)19(23)21-15-10-13(20-12(2)22)8-9-17(15)24-3/h4-10H,1-3H3,(H,20,22)(H,21,23). The Bertz CT molecular complexity index is 959. The summed E-state index contributed by atoms with van der Waals surface area (Å²) >= 11 is 0. The Balaban J connectivity index is 1.96. The maximum absolute atomic E-state index is 12.8. The normalized spacial score (nSPS) is 10.5. The number of methoxy groups -OCH3 is 1. The van der Waals surface area contributed by atoms with E-state index >= 15 is 0 Å². The number of amides is 2. The molecule has 3 aromatic rings. The Morgan fingerprint density at radius 3 is 2.56 bits per heavy atom. The van der Waals surface area contributed by atoms with Crippen molar-refractivity contribution in [3.63, 3.8) is 0 Å². The second-order valence-corrected chi connectivity index (χ2v) is 5.58. The van der Waals surface area contributed by atoms with Gasteiger partial charge in [0.15, 0.2) is 0 Å². The van der Waals surface area contributed by atoms with Gasteiger partial charge in [-0.3, -0.25) is 9.59 Å². The summed E-state index contributed by atoms with van der Waals surface area (Å²) in [6, 6.07) is 12.4. The molecule has 2 aromatic carbocycles. The molecule has 0 radical (unpaired) electrons. The Hall–Kier alpha value is -3.28. The van der Waals surface area contributed by atoms with Crippen LogP contribution in [0.3, 0.4) is 0 Å². The van der Waals surface area contributed by atoms with Gasteiger partial charge in [0, 0.05) is 18.0 Å². The van der Waals surface area contributed by atoms with E-state index in [0.29, 0.717) is 34.0 Å². The summed E-state index contributed by atoms with van der Waals surface area (Å²) in [5.74, 6) is 0.531. The minimum absolute atomic E-state index is 0.195. The smallest absolute Gasteiger partial charge is 0.259 e. The Labute approximate surface area is 144 Å². The summed E-state index contributed by atoms with van der Waals surface area (Å²) in [5, 5.41) is 6.26. The van der Waals surface area contributed by atoms with Crippen LogP contribution in [0.1, 0.15) is 23.0 Å². The summed E-state index contributed by atoms with van der Waals surface area (Å²) in [7, 11) is 1.52. The van der Waals surface area contributed by atoms with E-state index in [1.165, 1.54) is 14.0 Å². The lowest BCUT2D eigenvalue weighted by Gasteiger charge is -2.12. The number of hydrogen-bond acceptors (Lipinski definition) is 4. The molecule has 2 amide bonds. The zero-order valence-corrected chi connectivity index (χ0v) is 14.2. The van der Waals surface area contributed by atoms with Gasteiger partial charge < -0.3 is 19.8 Å². The number of para-hydroxylation sites is 1. The maximum atomic E-state index is 12.8. The van der Waals surface area contributed by atoms with E-state index in [1.54, 1.807) is 25.1 Å². The van der Waals surface area contributed by atoms with Crippen molar-refractivity contribution in [2.45, 2.75) is 13.8 Å². The maximum Gasteiger partial charge on any atom is 0.259 e. The van der Waals surface area contributed by atoms with Crippen LogP contribution in [0.4, 0.5) is 11.4 Å². The first-order chi connectivity index (χ1) is 12.0. The molecule has 3 rings (SSSR count). The van der Waals surface area contributed by atoms with Crippen molar-refractivity contribution in [3.05, 3.63) is 53.8 Å². The van der Waals surface area contributed by atoms with Gasteiger partial charge in [0.1, 0.15) is 17.1 Å². The molecule has 2 N–H and O–H groups in total. The van der Waals surface area contributed by atoms with Crippen LogP contribution in [-0.2, 0) is 4.79 Å². The third-order valence-electron chi connectivity index (χ3n) is 3.77. The minimum atomic E-state index is -0.305. The number of fused-ring (bicyclic) bond motifs is 1. The molecule has 0 fully saturated rings. The molecule has 1 heterocycles. The molecular weight excluding hydrogens is 320 g/mol. The molecule has 6 heteroatoms. The average Bonchev–Trinajstić information content (AvgIpc) is 2.90. The van der Waals surface area contributed by atoms with Crippen molar-refractivity contribution < 1.29 is 18.7 Å². The van der Waals surface area contributed by atoms with Crippen LogP contribution in [0.25, 0.3) is 11.0 Å². The van der Waals surface area contributed by atoms with Gasteiger partial charge in [0.05, 0.1) is 18.4 Å². The fourth-order valence-electron chi connectivity index (χ4n) is 2.72. The van der Waals surface area contributed by atoms with Crippen LogP contribution < -0.4 is 15.4 Å². The highest BCUT2D eigenvalue weighted by Crippen LogP contribution is 2.30. The molecule has 0 saturated heterocycles. The molecule has 0 spiro atoms. The molecular formula is C19H18N2O4. The van der Waals surface area contributed by atoms with Crippen LogP contribution in [-0.4, -0.2) is 18.9 Å². The molecule has 0 aliphatic heterocycles. The molecule has 0 aliphatic carbocycles. The first kappa shape index (κ1) is 16.6. The number of hydrogen-bond donors (Lipinski definition) is 2. The first-order valence-electron chi connectivity index (χ1n) is 7.74. The largest absolute Gasteiger partial charge is 0.495 e. The average molecular weight is 338 g/mol. The Morgan fingerprint density at radius 2 is 1.84 bits per heavy atom. The third kappa shape index (κ3) is 3.33. The summed E-state index contributed by atoms with van der Waals surface area (Å²) in [4.78, 5) is 24.0. The quantitative estimate of drug-likeness (QED) is 0.754. The van der Waals surface area contributed by atoms with E-state index in [0.717, 1.165) is 5.39 Å². The number of nitrogens with one attached hydrogen (secondary N) is 2. The van der Waals surface area contributed by atoms with Gasteiger partial charge in [0.25, 0.3) is 5.91 Å². The fourth-order valence-corrected chi connectivity index (χ4v) is 2.72. The topological polar surface area (TPSA) is 80.6 Å². The number of anilines is 2. The van der Waals surface area contributed by atoms with Gasteiger partial charge in [-0.25, -0.2) is 0 Å². The van der Waals surface area contributed by atoms with E-state index in [4.69, 9.17) is 9.15 Å². The number of furan rings is 1. The molecule has 0 unspecified atom stereocenters. The van der Waals surface area contributed by atoms with Gasteiger partial charge in [-0.1, -0.05) is 18.2 Å². The molecule has 6 nitrogen and oxygen atoms in total. The molecule has 128 valence electrons. The van der Waals surface area contributed by atoms with Gasteiger partial charge in [-0.2, -0.15) is 0 Å². The zero-order chi connectivity index (χ0) is 18.0. The van der Waals surface area contributed by atoms with Gasteiger partial charge >= 0.3 is 0 Å². The molecule has 0 bridgehead atoms.